The van der Waals surface area contributed by atoms with Gasteiger partial charge in [0.2, 0.25) is 5.91 Å². The van der Waals surface area contributed by atoms with Crippen molar-refractivity contribution in [3.05, 3.63) is 26.6 Å². The number of amides is 1. The number of carbonyl (C=O) groups excluding carboxylic acids is 1. The highest BCUT2D eigenvalue weighted by Crippen LogP contribution is 2.34. The fourth-order valence-corrected chi connectivity index (χ4v) is 3.17. The van der Waals surface area contributed by atoms with Crippen LogP contribution in [0, 0.1) is 0 Å². The number of nitrogens with zero attached hydrogens (tertiary/aromatic N) is 1. The summed E-state index contributed by atoms with van der Waals surface area (Å²) in [5.74, 6) is 0.913. The number of carbonyl (C=O) groups is 1. The van der Waals surface area contributed by atoms with Crippen molar-refractivity contribution in [3.63, 3.8) is 0 Å². The highest BCUT2D eigenvalue weighted by molar-refractivity contribution is 9.11. The average molecular weight is 394 g/mol. The second-order valence-corrected chi connectivity index (χ2v) is 6.02. The Hall–Kier alpha value is -0.590. The standard InChI is InChI=1S/C13H18Br2N2O2/c1-17(2)12(18)4-5-16-8-9-6-10(14)13(19-3)11(15)7-9/h6-7,16H,4-5,8H2,1-3H3. The van der Waals surface area contributed by atoms with Gasteiger partial charge in [-0.2, -0.15) is 0 Å². The Morgan fingerprint density at radius 1 is 1.32 bits per heavy atom. The van der Waals surface area contributed by atoms with Crippen LogP contribution < -0.4 is 10.1 Å². The molecule has 0 aliphatic heterocycles. The van der Waals surface area contributed by atoms with Crippen LogP contribution in [-0.4, -0.2) is 38.6 Å². The molecule has 106 valence electrons. The summed E-state index contributed by atoms with van der Waals surface area (Å²) in [5, 5.41) is 3.25. The molecule has 1 aromatic rings. The van der Waals surface area contributed by atoms with E-state index >= 15 is 0 Å². The van der Waals surface area contributed by atoms with Crippen LogP contribution in [0.25, 0.3) is 0 Å². The molecule has 0 atom stereocenters. The molecule has 0 aliphatic carbocycles. The van der Waals surface area contributed by atoms with E-state index in [9.17, 15) is 4.79 Å². The SMILES string of the molecule is COc1c(Br)cc(CNCCC(=O)N(C)C)cc1Br. The summed E-state index contributed by atoms with van der Waals surface area (Å²) in [6, 6.07) is 4.01. The maximum atomic E-state index is 11.4. The quantitative estimate of drug-likeness (QED) is 0.755. The van der Waals surface area contributed by atoms with Crippen molar-refractivity contribution in [1.29, 1.82) is 0 Å². The van der Waals surface area contributed by atoms with Crippen LogP contribution in [0.1, 0.15) is 12.0 Å². The van der Waals surface area contributed by atoms with E-state index in [1.54, 1.807) is 26.1 Å². The Bertz CT molecular complexity index is 427. The Kier molecular flexibility index (Phi) is 6.82. The number of halogens is 2. The molecule has 1 N–H and O–H groups in total. The maximum absolute atomic E-state index is 11.4. The number of rotatable bonds is 6. The van der Waals surface area contributed by atoms with Crippen LogP contribution in [0.5, 0.6) is 5.75 Å². The van der Waals surface area contributed by atoms with Crippen LogP contribution in [0.4, 0.5) is 0 Å². The van der Waals surface area contributed by atoms with Crippen LogP contribution in [-0.2, 0) is 11.3 Å². The van der Waals surface area contributed by atoms with Gasteiger partial charge in [-0.1, -0.05) is 0 Å². The van der Waals surface area contributed by atoms with Gasteiger partial charge in [-0.3, -0.25) is 4.79 Å². The second kappa shape index (κ2) is 7.87. The van der Waals surface area contributed by atoms with Crippen LogP contribution in [0.2, 0.25) is 0 Å². The van der Waals surface area contributed by atoms with Gasteiger partial charge < -0.3 is 15.0 Å². The Morgan fingerprint density at radius 3 is 2.37 bits per heavy atom. The monoisotopic (exact) mass is 392 g/mol. The van der Waals surface area contributed by atoms with E-state index < -0.39 is 0 Å². The highest BCUT2D eigenvalue weighted by Gasteiger charge is 2.08. The zero-order valence-corrected chi connectivity index (χ0v) is 14.5. The maximum Gasteiger partial charge on any atom is 0.223 e. The smallest absolute Gasteiger partial charge is 0.223 e. The number of nitrogens with one attached hydrogen (secondary N) is 1. The summed E-state index contributed by atoms with van der Waals surface area (Å²) in [6.07, 6.45) is 0.505. The van der Waals surface area contributed by atoms with E-state index in [0.29, 0.717) is 19.5 Å². The minimum atomic E-state index is 0.129. The third kappa shape index (κ3) is 5.12. The third-order valence-corrected chi connectivity index (χ3v) is 3.78. The average Bonchev–Trinajstić information content (AvgIpc) is 2.34. The molecule has 4 nitrogen and oxygen atoms in total. The molecule has 0 bridgehead atoms. The lowest BCUT2D eigenvalue weighted by molar-refractivity contribution is -0.128. The van der Waals surface area contributed by atoms with Crippen molar-refractivity contribution in [3.8, 4) is 5.75 Å². The van der Waals surface area contributed by atoms with E-state index in [-0.39, 0.29) is 5.91 Å². The number of ether oxygens (including phenoxy) is 1. The summed E-state index contributed by atoms with van der Waals surface area (Å²) < 4.78 is 7.07. The van der Waals surface area contributed by atoms with Crippen LogP contribution >= 0.6 is 31.9 Å². The first-order valence-corrected chi connectivity index (χ1v) is 7.47. The van der Waals surface area contributed by atoms with Gasteiger partial charge in [0.25, 0.3) is 0 Å². The number of hydrogen-bond donors (Lipinski definition) is 1. The molecule has 0 aromatic heterocycles. The molecule has 1 amide bonds. The fourth-order valence-electron chi connectivity index (χ4n) is 1.56. The molecule has 19 heavy (non-hydrogen) atoms. The van der Waals surface area contributed by atoms with Crippen LogP contribution in [0.3, 0.4) is 0 Å². The molecule has 0 saturated heterocycles. The van der Waals surface area contributed by atoms with Crippen molar-refractivity contribution >= 4 is 37.8 Å². The Labute approximate surface area is 130 Å². The summed E-state index contributed by atoms with van der Waals surface area (Å²) in [4.78, 5) is 13.0. The lowest BCUT2D eigenvalue weighted by Crippen LogP contribution is -2.26. The second-order valence-electron chi connectivity index (χ2n) is 4.31. The topological polar surface area (TPSA) is 41.6 Å². The highest BCUT2D eigenvalue weighted by atomic mass is 79.9. The van der Waals surface area contributed by atoms with Gasteiger partial charge in [0.1, 0.15) is 5.75 Å². The van der Waals surface area contributed by atoms with Crippen molar-refractivity contribution in [1.82, 2.24) is 10.2 Å². The van der Waals surface area contributed by atoms with Gasteiger partial charge in [-0.25, -0.2) is 0 Å². The van der Waals surface area contributed by atoms with Gasteiger partial charge in [0.15, 0.2) is 0 Å². The molecule has 0 saturated carbocycles. The van der Waals surface area contributed by atoms with E-state index in [1.165, 1.54) is 0 Å². The predicted molar refractivity (Wildman–Crippen MR) is 83.4 cm³/mol. The molecule has 6 heteroatoms. The first kappa shape index (κ1) is 16.5. The molecule has 0 unspecified atom stereocenters. The fraction of sp³-hybridized carbons (Fsp3) is 0.462. The molecule has 0 fully saturated rings. The minimum Gasteiger partial charge on any atom is -0.494 e. The molecular weight excluding hydrogens is 376 g/mol. The van der Waals surface area contributed by atoms with E-state index in [4.69, 9.17) is 4.74 Å². The zero-order valence-electron chi connectivity index (χ0n) is 11.3. The van der Waals surface area contributed by atoms with E-state index in [2.05, 4.69) is 37.2 Å². The lowest BCUT2D eigenvalue weighted by atomic mass is 10.2. The van der Waals surface area contributed by atoms with Crippen LogP contribution in [0.15, 0.2) is 21.1 Å². The molecule has 1 aromatic carbocycles. The van der Waals surface area contributed by atoms with Gasteiger partial charge in [-0.05, 0) is 49.6 Å². The normalized spacial score (nSPS) is 10.4. The summed E-state index contributed by atoms with van der Waals surface area (Å²) in [7, 11) is 5.16. The molecule has 0 radical (unpaired) electrons. The predicted octanol–water partition coefficient (Wildman–Crippen LogP) is 2.79. The summed E-state index contributed by atoms with van der Waals surface area (Å²) in [5.41, 5.74) is 1.12. The molecular formula is C13H18Br2N2O2. The van der Waals surface area contributed by atoms with Crippen molar-refractivity contribution in [2.45, 2.75) is 13.0 Å². The zero-order chi connectivity index (χ0) is 14.4. The number of benzene rings is 1. The first-order chi connectivity index (χ1) is 8.95. The molecule has 0 heterocycles. The Morgan fingerprint density at radius 2 is 1.89 bits per heavy atom. The molecule has 0 spiro atoms. The van der Waals surface area contributed by atoms with E-state index in [0.717, 1.165) is 20.3 Å². The lowest BCUT2D eigenvalue weighted by Gasteiger charge is -2.12. The summed E-state index contributed by atoms with van der Waals surface area (Å²) >= 11 is 6.93. The van der Waals surface area contributed by atoms with Gasteiger partial charge in [0, 0.05) is 33.6 Å². The first-order valence-electron chi connectivity index (χ1n) is 5.88. The van der Waals surface area contributed by atoms with Gasteiger partial charge >= 0.3 is 0 Å². The van der Waals surface area contributed by atoms with Crippen molar-refractivity contribution in [2.24, 2.45) is 0 Å². The number of methoxy groups -OCH3 is 1. The molecule has 0 aliphatic rings. The van der Waals surface area contributed by atoms with Gasteiger partial charge in [-0.15, -0.1) is 0 Å². The largest absolute Gasteiger partial charge is 0.494 e. The summed E-state index contributed by atoms with van der Waals surface area (Å²) in [6.45, 7) is 1.38. The minimum absolute atomic E-state index is 0.129. The third-order valence-electron chi connectivity index (χ3n) is 2.61. The molecule has 1 rings (SSSR count). The van der Waals surface area contributed by atoms with E-state index in [1.807, 2.05) is 12.1 Å². The van der Waals surface area contributed by atoms with Crippen molar-refractivity contribution in [2.75, 3.05) is 27.7 Å². The Balaban J connectivity index is 2.48. The number of hydrogen-bond acceptors (Lipinski definition) is 3. The van der Waals surface area contributed by atoms with Gasteiger partial charge in [0.05, 0.1) is 16.1 Å². The van der Waals surface area contributed by atoms with Crippen molar-refractivity contribution < 1.29 is 9.53 Å².